The Labute approximate surface area is 116 Å². The van der Waals surface area contributed by atoms with Gasteiger partial charge in [0.1, 0.15) is 13.2 Å². The Balaban J connectivity index is 1.78. The van der Waals surface area contributed by atoms with E-state index in [1.807, 2.05) is 24.4 Å². The van der Waals surface area contributed by atoms with Crippen molar-refractivity contribution in [3.63, 3.8) is 0 Å². The van der Waals surface area contributed by atoms with Gasteiger partial charge in [0.2, 0.25) is 0 Å². The lowest BCUT2D eigenvalue weighted by molar-refractivity contribution is 0.171. The fourth-order valence-electron chi connectivity index (χ4n) is 1.99. The summed E-state index contributed by atoms with van der Waals surface area (Å²) in [5, 5.41) is 3.10. The highest BCUT2D eigenvalue weighted by Crippen LogP contribution is 2.31. The van der Waals surface area contributed by atoms with Crippen molar-refractivity contribution >= 4 is 11.3 Å². The minimum absolute atomic E-state index is 0.00901. The molecule has 5 heteroatoms. The Bertz CT molecular complexity index is 581. The number of hydrogen-bond acceptors (Lipinski definition) is 5. The van der Waals surface area contributed by atoms with Crippen LogP contribution in [0.15, 0.2) is 23.6 Å². The number of hydrogen-bond donors (Lipinski definition) is 1. The van der Waals surface area contributed by atoms with Crippen molar-refractivity contribution in [1.29, 1.82) is 0 Å². The van der Waals surface area contributed by atoms with Crippen LogP contribution in [0.25, 0.3) is 0 Å². The highest BCUT2D eigenvalue weighted by atomic mass is 32.1. The van der Waals surface area contributed by atoms with Gasteiger partial charge in [-0.25, -0.2) is 4.98 Å². The molecule has 0 fully saturated rings. The average Bonchev–Trinajstić information content (AvgIpc) is 2.87. The Morgan fingerprint density at radius 1 is 1.32 bits per heavy atom. The van der Waals surface area contributed by atoms with Crippen LogP contribution in [0.3, 0.4) is 0 Å². The second kappa shape index (κ2) is 5.19. The smallest absolute Gasteiger partial charge is 0.161 e. The van der Waals surface area contributed by atoms with Gasteiger partial charge in [-0.15, -0.1) is 11.3 Å². The first kappa shape index (κ1) is 12.4. The quantitative estimate of drug-likeness (QED) is 0.936. The molecule has 0 saturated heterocycles. The molecule has 0 spiro atoms. The van der Waals surface area contributed by atoms with Crippen LogP contribution in [0, 0.1) is 0 Å². The summed E-state index contributed by atoms with van der Waals surface area (Å²) in [5.74, 6) is 1.65. The number of aromatic nitrogens is 1. The summed E-state index contributed by atoms with van der Waals surface area (Å²) in [4.78, 5) is 4.54. The van der Waals surface area contributed by atoms with E-state index in [9.17, 15) is 0 Å². The Morgan fingerprint density at radius 3 is 2.84 bits per heavy atom. The van der Waals surface area contributed by atoms with Crippen molar-refractivity contribution in [1.82, 2.24) is 4.98 Å². The molecule has 0 amide bonds. The number of rotatable bonds is 3. The maximum Gasteiger partial charge on any atom is 0.161 e. The topological polar surface area (TPSA) is 57.4 Å². The van der Waals surface area contributed by atoms with E-state index in [4.69, 9.17) is 15.2 Å². The number of nitrogens with two attached hydrogens (primary N) is 1. The van der Waals surface area contributed by atoms with Crippen molar-refractivity contribution < 1.29 is 9.47 Å². The maximum atomic E-state index is 5.82. The molecule has 2 N–H and O–H groups in total. The average molecular weight is 276 g/mol. The molecule has 0 bridgehead atoms. The SMILES string of the molecule is CC(N)c1csc(Cc2ccc3c(c2)OCCO3)n1. The zero-order valence-electron chi connectivity index (χ0n) is 10.8. The summed E-state index contributed by atoms with van der Waals surface area (Å²) in [6.45, 7) is 3.18. The largest absolute Gasteiger partial charge is 0.486 e. The molecule has 3 rings (SSSR count). The Morgan fingerprint density at radius 2 is 2.11 bits per heavy atom. The van der Waals surface area contributed by atoms with Crippen LogP contribution in [0.4, 0.5) is 0 Å². The fourth-order valence-corrected chi connectivity index (χ4v) is 2.92. The number of thiazole rings is 1. The molecule has 0 saturated carbocycles. The standard InChI is InChI=1S/C14H16N2O2S/c1-9(15)11-8-19-14(16-11)7-10-2-3-12-13(6-10)18-5-4-17-12/h2-3,6,8-9H,4-5,7,15H2,1H3. The second-order valence-electron chi connectivity index (χ2n) is 4.61. The molecule has 0 radical (unpaired) electrons. The summed E-state index contributed by atoms with van der Waals surface area (Å²) in [6, 6.07) is 6.04. The van der Waals surface area contributed by atoms with Crippen LogP contribution in [-0.4, -0.2) is 18.2 Å². The van der Waals surface area contributed by atoms with Gasteiger partial charge in [0.25, 0.3) is 0 Å². The lowest BCUT2D eigenvalue weighted by Crippen LogP contribution is -2.15. The van der Waals surface area contributed by atoms with E-state index in [2.05, 4.69) is 11.1 Å². The normalized spacial score (nSPS) is 15.3. The second-order valence-corrected chi connectivity index (χ2v) is 5.55. The van der Waals surface area contributed by atoms with Crippen molar-refractivity contribution in [2.75, 3.05) is 13.2 Å². The van der Waals surface area contributed by atoms with Crippen LogP contribution in [0.5, 0.6) is 11.5 Å². The van der Waals surface area contributed by atoms with E-state index < -0.39 is 0 Å². The van der Waals surface area contributed by atoms with Crippen LogP contribution >= 0.6 is 11.3 Å². The van der Waals surface area contributed by atoms with Gasteiger partial charge in [-0.1, -0.05) is 6.07 Å². The Hall–Kier alpha value is -1.59. The fraction of sp³-hybridized carbons (Fsp3) is 0.357. The molecule has 1 aliphatic rings. The van der Waals surface area contributed by atoms with Crippen LogP contribution < -0.4 is 15.2 Å². The predicted molar refractivity (Wildman–Crippen MR) is 75.0 cm³/mol. The van der Waals surface area contributed by atoms with Crippen molar-refractivity contribution in [2.45, 2.75) is 19.4 Å². The molecule has 4 nitrogen and oxygen atoms in total. The summed E-state index contributed by atoms with van der Waals surface area (Å²) in [6.07, 6.45) is 0.800. The summed E-state index contributed by atoms with van der Waals surface area (Å²) >= 11 is 1.65. The molecule has 2 aromatic rings. The molecule has 19 heavy (non-hydrogen) atoms. The van der Waals surface area contributed by atoms with Crippen LogP contribution in [0.2, 0.25) is 0 Å². The predicted octanol–water partition coefficient (Wildman–Crippen LogP) is 2.52. The van der Waals surface area contributed by atoms with Crippen molar-refractivity contribution in [3.8, 4) is 11.5 Å². The first-order chi connectivity index (χ1) is 9.22. The molecule has 1 unspecified atom stereocenters. The summed E-state index contributed by atoms with van der Waals surface area (Å²) < 4.78 is 11.1. The number of fused-ring (bicyclic) bond motifs is 1. The minimum atomic E-state index is -0.00901. The molecule has 1 aliphatic heterocycles. The zero-order chi connectivity index (χ0) is 13.2. The molecule has 2 heterocycles. The summed E-state index contributed by atoms with van der Waals surface area (Å²) in [5.41, 5.74) is 7.95. The van der Waals surface area contributed by atoms with Gasteiger partial charge in [0.05, 0.1) is 10.7 Å². The molecule has 1 aromatic heterocycles. The third kappa shape index (κ3) is 2.72. The van der Waals surface area contributed by atoms with Gasteiger partial charge in [0, 0.05) is 17.8 Å². The van der Waals surface area contributed by atoms with Gasteiger partial charge in [0.15, 0.2) is 11.5 Å². The highest BCUT2D eigenvalue weighted by Gasteiger charge is 2.13. The number of ether oxygens (including phenoxy) is 2. The number of benzene rings is 1. The molecule has 1 aromatic carbocycles. The van der Waals surface area contributed by atoms with Crippen molar-refractivity contribution in [2.24, 2.45) is 5.73 Å². The van der Waals surface area contributed by atoms with E-state index in [-0.39, 0.29) is 6.04 Å². The first-order valence-electron chi connectivity index (χ1n) is 6.31. The molecule has 100 valence electrons. The lowest BCUT2D eigenvalue weighted by Gasteiger charge is -2.18. The maximum absolute atomic E-state index is 5.82. The molecular weight excluding hydrogens is 260 g/mol. The van der Waals surface area contributed by atoms with E-state index in [0.29, 0.717) is 13.2 Å². The summed E-state index contributed by atoms with van der Waals surface area (Å²) in [7, 11) is 0. The third-order valence-corrected chi connectivity index (χ3v) is 3.87. The van der Waals surface area contributed by atoms with Gasteiger partial charge >= 0.3 is 0 Å². The van der Waals surface area contributed by atoms with E-state index in [1.165, 1.54) is 5.56 Å². The number of nitrogens with zero attached hydrogens (tertiary/aromatic N) is 1. The van der Waals surface area contributed by atoms with Gasteiger partial charge in [-0.05, 0) is 24.6 Å². The third-order valence-electron chi connectivity index (χ3n) is 3.00. The van der Waals surface area contributed by atoms with Crippen molar-refractivity contribution in [3.05, 3.63) is 39.8 Å². The monoisotopic (exact) mass is 276 g/mol. The van der Waals surface area contributed by atoms with Gasteiger partial charge in [-0.2, -0.15) is 0 Å². The first-order valence-corrected chi connectivity index (χ1v) is 7.19. The zero-order valence-corrected chi connectivity index (χ0v) is 11.6. The Kier molecular flexibility index (Phi) is 3.40. The van der Waals surface area contributed by atoms with E-state index >= 15 is 0 Å². The van der Waals surface area contributed by atoms with Gasteiger partial charge < -0.3 is 15.2 Å². The highest BCUT2D eigenvalue weighted by molar-refractivity contribution is 7.09. The van der Waals surface area contributed by atoms with E-state index in [1.54, 1.807) is 11.3 Å². The van der Waals surface area contributed by atoms with Crippen LogP contribution in [-0.2, 0) is 6.42 Å². The minimum Gasteiger partial charge on any atom is -0.486 e. The van der Waals surface area contributed by atoms with E-state index in [0.717, 1.165) is 28.6 Å². The van der Waals surface area contributed by atoms with Crippen LogP contribution in [0.1, 0.15) is 29.2 Å². The molecule has 0 aliphatic carbocycles. The lowest BCUT2D eigenvalue weighted by atomic mass is 10.1. The molecule has 1 atom stereocenters. The van der Waals surface area contributed by atoms with Gasteiger partial charge in [-0.3, -0.25) is 0 Å². The molecular formula is C14H16N2O2S.